The number of benzene rings is 2. The lowest BCUT2D eigenvalue weighted by molar-refractivity contribution is -0.115. The Morgan fingerprint density at radius 2 is 1.96 bits per heavy atom. The quantitative estimate of drug-likeness (QED) is 0.595. The van der Waals surface area contributed by atoms with Gasteiger partial charge in [0.15, 0.2) is 11.5 Å². The van der Waals surface area contributed by atoms with Crippen molar-refractivity contribution in [1.82, 2.24) is 10.3 Å². The summed E-state index contributed by atoms with van der Waals surface area (Å²) >= 11 is 0. The van der Waals surface area contributed by atoms with Crippen LogP contribution < -0.4 is 25.0 Å². The van der Waals surface area contributed by atoms with Crippen molar-refractivity contribution in [2.24, 2.45) is 0 Å². The van der Waals surface area contributed by atoms with E-state index in [9.17, 15) is 18.0 Å². The number of hydrazine groups is 1. The topological polar surface area (TPSA) is 123 Å². The van der Waals surface area contributed by atoms with Gasteiger partial charge in [-0.05, 0) is 48.9 Å². The van der Waals surface area contributed by atoms with Gasteiger partial charge in [-0.1, -0.05) is 0 Å². The molecule has 1 heterocycles. The lowest BCUT2D eigenvalue weighted by Crippen LogP contribution is -2.41. The minimum absolute atomic E-state index is 0.0627. The summed E-state index contributed by atoms with van der Waals surface area (Å²) in [5.41, 5.74) is 3.51. The molecule has 0 radical (unpaired) electrons. The monoisotopic (exact) mass is 405 g/mol. The van der Waals surface area contributed by atoms with E-state index in [0.29, 0.717) is 29.4 Å². The Balaban J connectivity index is 1.72. The Bertz CT molecular complexity index is 1040. The molecular weight excluding hydrogens is 386 g/mol. The van der Waals surface area contributed by atoms with Crippen molar-refractivity contribution in [1.29, 1.82) is 0 Å². The van der Waals surface area contributed by atoms with Gasteiger partial charge in [0.25, 0.3) is 15.9 Å². The Hall–Kier alpha value is -3.11. The SMILES string of the molecule is CCOc1ccc(C(=O)NNS(=O)(=O)c2ccc3c(c2)CC(=O)N3)cc1OC. The van der Waals surface area contributed by atoms with E-state index in [0.717, 1.165) is 0 Å². The van der Waals surface area contributed by atoms with Gasteiger partial charge in [0, 0.05) is 11.3 Å². The van der Waals surface area contributed by atoms with E-state index in [4.69, 9.17) is 9.47 Å². The van der Waals surface area contributed by atoms with Crippen LogP contribution in [0.3, 0.4) is 0 Å². The lowest BCUT2D eigenvalue weighted by atomic mass is 10.2. The zero-order valence-corrected chi connectivity index (χ0v) is 16.1. The van der Waals surface area contributed by atoms with Gasteiger partial charge in [-0.15, -0.1) is 4.83 Å². The number of nitrogens with one attached hydrogen (secondary N) is 3. The highest BCUT2D eigenvalue weighted by atomic mass is 32.2. The summed E-state index contributed by atoms with van der Waals surface area (Å²) in [6.45, 7) is 2.25. The number of hydrogen-bond donors (Lipinski definition) is 3. The molecule has 0 spiro atoms. The van der Waals surface area contributed by atoms with E-state index in [1.807, 2.05) is 11.8 Å². The highest BCUT2D eigenvalue weighted by Crippen LogP contribution is 2.28. The van der Waals surface area contributed by atoms with Crippen molar-refractivity contribution in [2.45, 2.75) is 18.2 Å². The molecule has 2 aromatic carbocycles. The zero-order valence-electron chi connectivity index (χ0n) is 15.2. The minimum Gasteiger partial charge on any atom is -0.493 e. The number of methoxy groups -OCH3 is 1. The van der Waals surface area contributed by atoms with E-state index in [-0.39, 0.29) is 22.8 Å². The number of anilines is 1. The van der Waals surface area contributed by atoms with Crippen LogP contribution in [0.2, 0.25) is 0 Å². The summed E-state index contributed by atoms with van der Waals surface area (Å²) in [5.74, 6) is -0.0326. The molecule has 0 saturated carbocycles. The third-order valence-electron chi connectivity index (χ3n) is 4.04. The number of rotatable bonds is 7. The van der Waals surface area contributed by atoms with E-state index in [1.165, 1.54) is 37.4 Å². The molecule has 0 aromatic heterocycles. The van der Waals surface area contributed by atoms with Crippen molar-refractivity contribution in [3.63, 3.8) is 0 Å². The highest BCUT2D eigenvalue weighted by molar-refractivity contribution is 7.89. The first kappa shape index (κ1) is 19.6. The van der Waals surface area contributed by atoms with Crippen LogP contribution in [-0.4, -0.2) is 33.9 Å². The van der Waals surface area contributed by atoms with Crippen LogP contribution in [0.5, 0.6) is 11.5 Å². The molecule has 148 valence electrons. The second kappa shape index (κ2) is 7.87. The Labute approximate surface area is 162 Å². The van der Waals surface area contributed by atoms with Gasteiger partial charge in [0.05, 0.1) is 25.0 Å². The largest absolute Gasteiger partial charge is 0.493 e. The van der Waals surface area contributed by atoms with E-state index < -0.39 is 15.9 Å². The zero-order chi connectivity index (χ0) is 20.3. The average Bonchev–Trinajstić information content (AvgIpc) is 3.06. The van der Waals surface area contributed by atoms with Crippen LogP contribution in [0, 0.1) is 0 Å². The molecule has 28 heavy (non-hydrogen) atoms. The van der Waals surface area contributed by atoms with Gasteiger partial charge in [0.2, 0.25) is 5.91 Å². The van der Waals surface area contributed by atoms with Gasteiger partial charge in [-0.25, -0.2) is 8.42 Å². The summed E-state index contributed by atoms with van der Waals surface area (Å²) in [6, 6.07) is 8.75. The van der Waals surface area contributed by atoms with Gasteiger partial charge in [0.1, 0.15) is 0 Å². The van der Waals surface area contributed by atoms with E-state index >= 15 is 0 Å². The second-order valence-corrected chi connectivity index (χ2v) is 7.58. The molecule has 1 aliphatic rings. The first-order valence-corrected chi connectivity index (χ1v) is 9.88. The second-order valence-electron chi connectivity index (χ2n) is 5.90. The van der Waals surface area contributed by atoms with E-state index in [2.05, 4.69) is 10.7 Å². The molecule has 0 unspecified atom stereocenters. The predicted molar refractivity (Wildman–Crippen MR) is 101 cm³/mol. The molecule has 0 bridgehead atoms. The van der Waals surface area contributed by atoms with Gasteiger partial charge < -0.3 is 14.8 Å². The molecule has 0 fully saturated rings. The van der Waals surface area contributed by atoms with Gasteiger partial charge in [-0.2, -0.15) is 0 Å². The molecule has 0 saturated heterocycles. The van der Waals surface area contributed by atoms with Crippen molar-refractivity contribution in [3.05, 3.63) is 47.5 Å². The molecule has 3 rings (SSSR count). The normalized spacial score (nSPS) is 12.9. The Morgan fingerprint density at radius 1 is 1.18 bits per heavy atom. The smallest absolute Gasteiger partial charge is 0.266 e. The summed E-state index contributed by atoms with van der Waals surface area (Å²) in [7, 11) is -2.57. The maximum Gasteiger partial charge on any atom is 0.266 e. The highest BCUT2D eigenvalue weighted by Gasteiger charge is 2.22. The Morgan fingerprint density at radius 3 is 2.68 bits per heavy atom. The fourth-order valence-electron chi connectivity index (χ4n) is 2.70. The first-order chi connectivity index (χ1) is 13.3. The third-order valence-corrected chi connectivity index (χ3v) is 5.28. The lowest BCUT2D eigenvalue weighted by Gasteiger charge is -2.12. The fraction of sp³-hybridized carbons (Fsp3) is 0.222. The first-order valence-electron chi connectivity index (χ1n) is 8.40. The number of hydrogen-bond acceptors (Lipinski definition) is 6. The Kier molecular flexibility index (Phi) is 5.52. The number of sulfonamides is 1. The molecule has 0 aliphatic carbocycles. The number of ether oxygens (including phenoxy) is 2. The number of carbonyl (C=O) groups is 2. The molecule has 1 aliphatic heterocycles. The molecular formula is C18H19N3O6S. The maximum atomic E-state index is 12.4. The van der Waals surface area contributed by atoms with Crippen molar-refractivity contribution in [2.75, 3.05) is 19.0 Å². The minimum atomic E-state index is -4.01. The molecule has 10 heteroatoms. The van der Waals surface area contributed by atoms with Crippen LogP contribution in [0.15, 0.2) is 41.3 Å². The third kappa shape index (κ3) is 4.07. The summed E-state index contributed by atoms with van der Waals surface area (Å²) in [5, 5.41) is 2.63. The average molecular weight is 405 g/mol. The van der Waals surface area contributed by atoms with Gasteiger partial charge >= 0.3 is 0 Å². The fourth-order valence-corrected chi connectivity index (χ4v) is 3.59. The van der Waals surface area contributed by atoms with Gasteiger partial charge in [-0.3, -0.25) is 15.0 Å². The molecule has 2 aromatic rings. The van der Waals surface area contributed by atoms with Crippen molar-refractivity contribution in [3.8, 4) is 11.5 Å². The number of carbonyl (C=O) groups excluding carboxylic acids is 2. The van der Waals surface area contributed by atoms with Crippen LogP contribution in [0.1, 0.15) is 22.8 Å². The molecule has 3 N–H and O–H groups in total. The predicted octanol–water partition coefficient (Wildman–Crippen LogP) is 1.21. The molecule has 9 nitrogen and oxygen atoms in total. The molecule has 2 amide bonds. The summed E-state index contributed by atoms with van der Waals surface area (Å²) in [6.07, 6.45) is 0.108. The van der Waals surface area contributed by atoms with Crippen molar-refractivity contribution < 1.29 is 27.5 Å². The summed E-state index contributed by atoms with van der Waals surface area (Å²) < 4.78 is 35.4. The van der Waals surface area contributed by atoms with Crippen LogP contribution in [0.4, 0.5) is 5.69 Å². The van der Waals surface area contributed by atoms with E-state index in [1.54, 1.807) is 6.07 Å². The number of fused-ring (bicyclic) bond motifs is 1. The molecule has 0 atom stereocenters. The van der Waals surface area contributed by atoms with Crippen LogP contribution >= 0.6 is 0 Å². The van der Waals surface area contributed by atoms with Crippen molar-refractivity contribution >= 4 is 27.5 Å². The number of amides is 2. The standard InChI is InChI=1S/C18H19N3O6S/c1-3-27-15-7-4-11(9-16(15)26-2)18(23)20-21-28(24,25)13-5-6-14-12(8-13)10-17(22)19-14/h4-9,21H,3,10H2,1-2H3,(H,19,22)(H,20,23). The van der Waals surface area contributed by atoms with Crippen LogP contribution in [-0.2, 0) is 21.2 Å². The summed E-state index contributed by atoms with van der Waals surface area (Å²) in [4.78, 5) is 25.7. The van der Waals surface area contributed by atoms with Crippen LogP contribution in [0.25, 0.3) is 0 Å². The maximum absolute atomic E-state index is 12.4.